The van der Waals surface area contributed by atoms with Gasteiger partial charge >= 0.3 is 0 Å². The quantitative estimate of drug-likeness (QED) is 0.772. The van der Waals surface area contributed by atoms with E-state index < -0.39 is 0 Å². The highest BCUT2D eigenvalue weighted by atomic mass is 16.3. The van der Waals surface area contributed by atoms with E-state index in [2.05, 4.69) is 5.32 Å². The summed E-state index contributed by atoms with van der Waals surface area (Å²) >= 11 is 0. The molecule has 1 saturated carbocycles. The Morgan fingerprint density at radius 1 is 1.60 bits per heavy atom. The Balaban J connectivity index is 1.65. The maximum absolute atomic E-state index is 11.4. The van der Waals surface area contributed by atoms with Gasteiger partial charge in [-0.1, -0.05) is 0 Å². The van der Waals surface area contributed by atoms with Crippen molar-refractivity contribution >= 4 is 5.91 Å². The third-order valence-electron chi connectivity index (χ3n) is 2.66. The molecule has 0 bridgehead atoms. The van der Waals surface area contributed by atoms with Gasteiger partial charge in [-0.3, -0.25) is 4.79 Å². The van der Waals surface area contributed by atoms with Crippen LogP contribution in [0.15, 0.2) is 22.8 Å². The lowest BCUT2D eigenvalue weighted by Crippen LogP contribution is -2.46. The number of carbonyl (C=O) groups is 1. The molecule has 0 spiro atoms. The van der Waals surface area contributed by atoms with Crippen LogP contribution in [0.5, 0.6) is 0 Å². The zero-order chi connectivity index (χ0) is 10.7. The largest absolute Gasteiger partial charge is 0.469 e. The number of rotatable bonds is 4. The van der Waals surface area contributed by atoms with Crippen LogP contribution < -0.4 is 5.32 Å². The number of nitrogens with one attached hydrogen (secondary N) is 1. The van der Waals surface area contributed by atoms with Crippen molar-refractivity contribution in [1.29, 1.82) is 0 Å². The summed E-state index contributed by atoms with van der Waals surface area (Å²) in [6, 6.07) is 3.85. The maximum Gasteiger partial charge on any atom is 0.220 e. The van der Waals surface area contributed by atoms with E-state index >= 15 is 0 Å². The first-order valence-electron chi connectivity index (χ1n) is 5.24. The second-order valence-corrected chi connectivity index (χ2v) is 3.97. The molecule has 15 heavy (non-hydrogen) atoms. The standard InChI is InChI=1S/C11H15NO3/c13-9-6-8(7-9)12-11(14)4-3-10-2-1-5-15-10/h1-2,5,8-9,13H,3-4,6-7H2,(H,12,14). The lowest BCUT2D eigenvalue weighted by Gasteiger charge is -2.31. The van der Waals surface area contributed by atoms with Crippen molar-refractivity contribution in [3.63, 3.8) is 0 Å². The summed E-state index contributed by atoms with van der Waals surface area (Å²) in [7, 11) is 0. The van der Waals surface area contributed by atoms with Crippen molar-refractivity contribution in [2.75, 3.05) is 0 Å². The highest BCUT2D eigenvalue weighted by molar-refractivity contribution is 5.76. The predicted octanol–water partition coefficient (Wildman–Crippen LogP) is 0.852. The van der Waals surface area contributed by atoms with Crippen molar-refractivity contribution in [3.8, 4) is 0 Å². The fourth-order valence-corrected chi connectivity index (χ4v) is 1.70. The average Bonchev–Trinajstić information content (AvgIpc) is 2.65. The highest BCUT2D eigenvalue weighted by Crippen LogP contribution is 2.19. The number of aryl methyl sites for hydroxylation is 1. The minimum absolute atomic E-state index is 0.0308. The molecule has 4 nitrogen and oxygen atoms in total. The van der Waals surface area contributed by atoms with Crippen molar-refractivity contribution in [1.82, 2.24) is 5.32 Å². The van der Waals surface area contributed by atoms with Crippen LogP contribution in [0, 0.1) is 0 Å². The molecular weight excluding hydrogens is 194 g/mol. The lowest BCUT2D eigenvalue weighted by molar-refractivity contribution is -0.123. The Bertz CT molecular complexity index is 315. The maximum atomic E-state index is 11.4. The number of aliphatic hydroxyl groups excluding tert-OH is 1. The molecule has 1 aliphatic carbocycles. The molecule has 82 valence electrons. The van der Waals surface area contributed by atoms with Gasteiger partial charge < -0.3 is 14.8 Å². The number of carbonyl (C=O) groups excluding carboxylic acids is 1. The first-order valence-corrected chi connectivity index (χ1v) is 5.24. The molecule has 0 aliphatic heterocycles. The van der Waals surface area contributed by atoms with E-state index in [0.717, 1.165) is 5.76 Å². The van der Waals surface area contributed by atoms with E-state index in [4.69, 9.17) is 9.52 Å². The molecule has 2 rings (SSSR count). The summed E-state index contributed by atoms with van der Waals surface area (Å²) in [5.41, 5.74) is 0. The number of aliphatic hydroxyl groups is 1. The van der Waals surface area contributed by atoms with Crippen molar-refractivity contribution in [2.45, 2.75) is 37.8 Å². The van der Waals surface area contributed by atoms with Crippen LogP contribution in [0.3, 0.4) is 0 Å². The van der Waals surface area contributed by atoms with Crippen LogP contribution >= 0.6 is 0 Å². The molecule has 0 saturated heterocycles. The Kier molecular flexibility index (Phi) is 3.06. The van der Waals surface area contributed by atoms with Crippen LogP contribution in [-0.2, 0) is 11.2 Å². The van der Waals surface area contributed by atoms with Gasteiger partial charge in [-0.25, -0.2) is 0 Å². The van der Waals surface area contributed by atoms with Gasteiger partial charge in [0.25, 0.3) is 0 Å². The van der Waals surface area contributed by atoms with E-state index in [1.54, 1.807) is 6.26 Å². The fourth-order valence-electron chi connectivity index (χ4n) is 1.70. The number of hydrogen-bond donors (Lipinski definition) is 2. The smallest absolute Gasteiger partial charge is 0.220 e. The Morgan fingerprint density at radius 2 is 2.40 bits per heavy atom. The van der Waals surface area contributed by atoms with Crippen LogP contribution in [0.2, 0.25) is 0 Å². The van der Waals surface area contributed by atoms with Crippen molar-refractivity contribution < 1.29 is 14.3 Å². The summed E-state index contributed by atoms with van der Waals surface area (Å²) in [4.78, 5) is 11.4. The second-order valence-electron chi connectivity index (χ2n) is 3.97. The number of amides is 1. The Hall–Kier alpha value is -1.29. The molecule has 0 radical (unpaired) electrons. The summed E-state index contributed by atoms with van der Waals surface area (Å²) in [6.45, 7) is 0. The molecule has 4 heteroatoms. The zero-order valence-electron chi connectivity index (χ0n) is 8.48. The molecule has 0 atom stereocenters. The monoisotopic (exact) mass is 209 g/mol. The predicted molar refractivity (Wildman–Crippen MR) is 54.2 cm³/mol. The van der Waals surface area contributed by atoms with Crippen LogP contribution in [0.25, 0.3) is 0 Å². The summed E-state index contributed by atoms with van der Waals surface area (Å²) < 4.78 is 5.13. The van der Waals surface area contributed by atoms with Crippen LogP contribution in [0.1, 0.15) is 25.0 Å². The molecule has 0 aromatic carbocycles. The zero-order valence-corrected chi connectivity index (χ0v) is 8.48. The minimum atomic E-state index is -0.222. The normalized spacial score (nSPS) is 24.6. The SMILES string of the molecule is O=C(CCc1ccco1)NC1CC(O)C1. The minimum Gasteiger partial charge on any atom is -0.469 e. The Morgan fingerprint density at radius 3 is 3.00 bits per heavy atom. The van der Waals surface area contributed by atoms with E-state index in [1.165, 1.54) is 0 Å². The van der Waals surface area contributed by atoms with E-state index in [0.29, 0.717) is 25.7 Å². The molecule has 2 N–H and O–H groups in total. The Labute approximate surface area is 88.3 Å². The molecule has 1 fully saturated rings. The van der Waals surface area contributed by atoms with Gasteiger partial charge in [0, 0.05) is 18.9 Å². The average molecular weight is 209 g/mol. The highest BCUT2D eigenvalue weighted by Gasteiger charge is 2.28. The number of hydrogen-bond acceptors (Lipinski definition) is 3. The van der Waals surface area contributed by atoms with Gasteiger partial charge in [0.1, 0.15) is 5.76 Å². The lowest BCUT2D eigenvalue weighted by atomic mass is 9.89. The van der Waals surface area contributed by atoms with E-state index in [1.807, 2.05) is 12.1 Å². The summed E-state index contributed by atoms with van der Waals surface area (Å²) in [5, 5.41) is 11.9. The molecule has 1 amide bonds. The molecule has 1 aromatic rings. The molecule has 1 aliphatic rings. The first kappa shape index (κ1) is 10.2. The van der Waals surface area contributed by atoms with Gasteiger partial charge in [0.15, 0.2) is 0 Å². The van der Waals surface area contributed by atoms with E-state index in [9.17, 15) is 4.79 Å². The van der Waals surface area contributed by atoms with Crippen molar-refractivity contribution in [2.24, 2.45) is 0 Å². The molecule has 1 heterocycles. The summed E-state index contributed by atoms with van der Waals surface area (Å²) in [5.74, 6) is 0.863. The molecular formula is C11H15NO3. The fraction of sp³-hybridized carbons (Fsp3) is 0.545. The third kappa shape index (κ3) is 2.83. The van der Waals surface area contributed by atoms with E-state index in [-0.39, 0.29) is 18.1 Å². The topological polar surface area (TPSA) is 62.5 Å². The molecule has 1 aromatic heterocycles. The van der Waals surface area contributed by atoms with Gasteiger partial charge in [-0.05, 0) is 25.0 Å². The van der Waals surface area contributed by atoms with Gasteiger partial charge in [-0.2, -0.15) is 0 Å². The second kappa shape index (κ2) is 4.49. The van der Waals surface area contributed by atoms with Gasteiger partial charge in [0.2, 0.25) is 5.91 Å². The van der Waals surface area contributed by atoms with Crippen LogP contribution in [-0.4, -0.2) is 23.2 Å². The third-order valence-corrected chi connectivity index (χ3v) is 2.66. The molecule has 0 unspecified atom stereocenters. The van der Waals surface area contributed by atoms with Gasteiger partial charge in [0.05, 0.1) is 12.4 Å². The first-order chi connectivity index (χ1) is 7.24. The number of furan rings is 1. The van der Waals surface area contributed by atoms with Crippen LogP contribution in [0.4, 0.5) is 0 Å². The van der Waals surface area contributed by atoms with Gasteiger partial charge in [-0.15, -0.1) is 0 Å². The summed E-state index contributed by atoms with van der Waals surface area (Å²) in [6.07, 6.45) is 3.84. The van der Waals surface area contributed by atoms with Crippen molar-refractivity contribution in [3.05, 3.63) is 24.2 Å².